The summed E-state index contributed by atoms with van der Waals surface area (Å²) in [7, 11) is 0. The fourth-order valence-corrected chi connectivity index (χ4v) is 4.03. The van der Waals surface area contributed by atoms with Crippen LogP contribution in [0.4, 0.5) is 0 Å². The predicted octanol–water partition coefficient (Wildman–Crippen LogP) is 6.31. The van der Waals surface area contributed by atoms with E-state index in [1.165, 1.54) is 57.8 Å². The van der Waals surface area contributed by atoms with Crippen molar-refractivity contribution in [1.82, 2.24) is 9.97 Å². The van der Waals surface area contributed by atoms with Crippen LogP contribution in [0.25, 0.3) is 0 Å². The highest BCUT2D eigenvalue weighted by Crippen LogP contribution is 2.43. The Morgan fingerprint density at radius 3 is 2.83 bits per heavy atom. The van der Waals surface area contributed by atoms with Crippen molar-refractivity contribution in [2.24, 2.45) is 17.3 Å². The van der Waals surface area contributed by atoms with Crippen LogP contribution in [0.2, 0.25) is 0 Å². The summed E-state index contributed by atoms with van der Waals surface area (Å²) in [6.45, 7) is 7.13. The lowest BCUT2D eigenvalue weighted by molar-refractivity contribution is 0.140. The number of aromatic amines is 1. The quantitative estimate of drug-likeness (QED) is 0.419. The topological polar surface area (TPSA) is 28.7 Å². The van der Waals surface area contributed by atoms with Crippen LogP contribution in [0.3, 0.4) is 0 Å². The molecule has 1 N–H and O–H groups in total. The number of allylic oxidation sites excluding steroid dienone is 2. The third kappa shape index (κ3) is 6.53. The van der Waals surface area contributed by atoms with Gasteiger partial charge in [-0.3, -0.25) is 0 Å². The van der Waals surface area contributed by atoms with Crippen LogP contribution in [-0.2, 0) is 6.42 Å². The second-order valence-corrected chi connectivity index (χ2v) is 8.20. The summed E-state index contributed by atoms with van der Waals surface area (Å²) in [5, 5.41) is 0. The molecule has 1 aromatic rings. The van der Waals surface area contributed by atoms with Gasteiger partial charge in [0, 0.05) is 18.8 Å². The average Bonchev–Trinajstić information content (AvgIpc) is 3.01. The predicted molar refractivity (Wildman–Crippen MR) is 99.4 cm³/mol. The molecule has 2 atom stereocenters. The Morgan fingerprint density at radius 1 is 1.26 bits per heavy atom. The lowest BCUT2D eigenvalue weighted by Crippen LogP contribution is -2.30. The molecule has 1 aromatic heterocycles. The minimum absolute atomic E-state index is 0.488. The van der Waals surface area contributed by atoms with Crippen molar-refractivity contribution in [2.45, 2.75) is 85.0 Å². The molecule has 1 fully saturated rings. The van der Waals surface area contributed by atoms with Crippen LogP contribution in [0.1, 0.15) is 84.4 Å². The molecule has 0 saturated heterocycles. The molecule has 130 valence electrons. The first-order valence-corrected chi connectivity index (χ1v) is 9.75. The summed E-state index contributed by atoms with van der Waals surface area (Å²) >= 11 is 0. The molecule has 2 heteroatoms. The van der Waals surface area contributed by atoms with Crippen molar-refractivity contribution in [2.75, 3.05) is 0 Å². The van der Waals surface area contributed by atoms with Gasteiger partial charge in [-0.2, -0.15) is 0 Å². The maximum absolute atomic E-state index is 4.45. The van der Waals surface area contributed by atoms with Gasteiger partial charge < -0.3 is 4.98 Å². The van der Waals surface area contributed by atoms with Crippen molar-refractivity contribution in [3.8, 4) is 0 Å². The summed E-state index contributed by atoms with van der Waals surface area (Å²) < 4.78 is 0. The largest absolute Gasteiger partial charge is 0.349 e. The zero-order valence-corrected chi connectivity index (χ0v) is 15.5. The van der Waals surface area contributed by atoms with Crippen molar-refractivity contribution >= 4 is 0 Å². The summed E-state index contributed by atoms with van der Waals surface area (Å²) in [6.07, 6.45) is 22.1. The van der Waals surface area contributed by atoms with E-state index in [4.69, 9.17) is 0 Å². The molecular weight excluding hydrogens is 280 g/mol. The fourth-order valence-electron chi connectivity index (χ4n) is 4.03. The fraction of sp³-hybridized carbons (Fsp3) is 0.762. The molecule has 2 nitrogen and oxygen atoms in total. The van der Waals surface area contributed by atoms with Gasteiger partial charge in [-0.25, -0.2) is 4.98 Å². The summed E-state index contributed by atoms with van der Waals surface area (Å²) in [5.74, 6) is 2.63. The molecule has 0 radical (unpaired) electrons. The Labute approximate surface area is 143 Å². The van der Waals surface area contributed by atoms with Gasteiger partial charge in [0.05, 0.1) is 0 Å². The van der Waals surface area contributed by atoms with E-state index < -0.39 is 0 Å². The van der Waals surface area contributed by atoms with Crippen LogP contribution in [-0.4, -0.2) is 9.97 Å². The summed E-state index contributed by atoms with van der Waals surface area (Å²) in [4.78, 5) is 7.74. The second kappa shape index (κ2) is 9.30. The van der Waals surface area contributed by atoms with Crippen LogP contribution >= 0.6 is 0 Å². The number of hydrogen-bond donors (Lipinski definition) is 1. The van der Waals surface area contributed by atoms with Gasteiger partial charge >= 0.3 is 0 Å². The SMILES string of the molecule is CCCCCCC/C=C\[C@H]1CCC(C)(C)C[C@@H]1Cc1ncc[nH]1. The van der Waals surface area contributed by atoms with Crippen LogP contribution < -0.4 is 0 Å². The Hall–Kier alpha value is -1.05. The van der Waals surface area contributed by atoms with E-state index in [9.17, 15) is 0 Å². The zero-order chi connectivity index (χ0) is 16.5. The molecule has 1 saturated carbocycles. The number of nitrogens with one attached hydrogen (secondary N) is 1. The highest BCUT2D eigenvalue weighted by atomic mass is 14.9. The molecule has 0 amide bonds. The monoisotopic (exact) mass is 316 g/mol. The van der Waals surface area contributed by atoms with Crippen molar-refractivity contribution in [1.29, 1.82) is 0 Å². The third-order valence-electron chi connectivity index (χ3n) is 5.44. The van der Waals surface area contributed by atoms with Crippen LogP contribution in [0.15, 0.2) is 24.5 Å². The minimum Gasteiger partial charge on any atom is -0.349 e. The van der Waals surface area contributed by atoms with Gasteiger partial charge in [-0.15, -0.1) is 0 Å². The highest BCUT2D eigenvalue weighted by Gasteiger charge is 2.33. The van der Waals surface area contributed by atoms with Gasteiger partial charge in [0.25, 0.3) is 0 Å². The maximum Gasteiger partial charge on any atom is 0.106 e. The number of aromatic nitrogens is 2. The highest BCUT2D eigenvalue weighted by molar-refractivity contribution is 5.00. The Kier molecular flexibility index (Phi) is 7.39. The van der Waals surface area contributed by atoms with E-state index in [1.807, 2.05) is 12.4 Å². The van der Waals surface area contributed by atoms with E-state index >= 15 is 0 Å². The lowest BCUT2D eigenvalue weighted by atomic mass is 9.66. The van der Waals surface area contributed by atoms with Gasteiger partial charge in [-0.1, -0.05) is 58.6 Å². The number of hydrogen-bond acceptors (Lipinski definition) is 1. The number of unbranched alkanes of at least 4 members (excludes halogenated alkanes) is 5. The molecule has 0 aromatic carbocycles. The lowest BCUT2D eigenvalue weighted by Gasteiger charge is -2.39. The second-order valence-electron chi connectivity index (χ2n) is 8.20. The maximum atomic E-state index is 4.45. The molecule has 0 bridgehead atoms. The van der Waals surface area contributed by atoms with Crippen molar-refractivity contribution in [3.63, 3.8) is 0 Å². The van der Waals surface area contributed by atoms with Gasteiger partial charge in [-0.05, 0) is 49.4 Å². The van der Waals surface area contributed by atoms with Gasteiger partial charge in [0.1, 0.15) is 5.82 Å². The summed E-state index contributed by atoms with van der Waals surface area (Å²) in [5.41, 5.74) is 0.488. The summed E-state index contributed by atoms with van der Waals surface area (Å²) in [6, 6.07) is 0. The number of rotatable bonds is 9. The standard InChI is InChI=1S/C21H36N2/c1-4-5-6-7-8-9-10-11-18-12-13-21(2,3)17-19(18)16-20-22-14-15-23-20/h10-11,14-15,18-19H,4-9,12-13,16-17H2,1-3H3,(H,22,23)/b11-10-/t18-,19-/m0/s1. The molecule has 23 heavy (non-hydrogen) atoms. The zero-order valence-electron chi connectivity index (χ0n) is 15.5. The Balaban J connectivity index is 1.82. The molecule has 0 aliphatic heterocycles. The number of nitrogens with zero attached hydrogens (tertiary/aromatic N) is 1. The third-order valence-corrected chi connectivity index (χ3v) is 5.44. The first kappa shape index (κ1) is 18.3. The average molecular weight is 317 g/mol. The molecule has 1 heterocycles. The Morgan fingerprint density at radius 2 is 2.09 bits per heavy atom. The molecule has 1 aliphatic carbocycles. The Bertz CT molecular complexity index is 444. The van der Waals surface area contributed by atoms with E-state index in [0.717, 1.165) is 24.1 Å². The van der Waals surface area contributed by atoms with Crippen molar-refractivity contribution in [3.05, 3.63) is 30.4 Å². The number of H-pyrrole nitrogens is 1. The van der Waals surface area contributed by atoms with Crippen LogP contribution in [0, 0.1) is 17.3 Å². The van der Waals surface area contributed by atoms with E-state index in [2.05, 4.69) is 42.9 Å². The van der Waals surface area contributed by atoms with E-state index in [-0.39, 0.29) is 0 Å². The first-order valence-electron chi connectivity index (χ1n) is 9.75. The normalized spacial score (nSPS) is 24.3. The van der Waals surface area contributed by atoms with Crippen LogP contribution in [0.5, 0.6) is 0 Å². The van der Waals surface area contributed by atoms with Gasteiger partial charge in [0.2, 0.25) is 0 Å². The smallest absolute Gasteiger partial charge is 0.106 e. The molecule has 1 aliphatic rings. The molecule has 0 spiro atoms. The minimum atomic E-state index is 0.488. The van der Waals surface area contributed by atoms with Crippen molar-refractivity contribution < 1.29 is 0 Å². The van der Waals surface area contributed by atoms with E-state index in [0.29, 0.717) is 5.41 Å². The molecular formula is C21H36N2. The van der Waals surface area contributed by atoms with Gasteiger partial charge in [0.15, 0.2) is 0 Å². The number of imidazole rings is 1. The molecule has 0 unspecified atom stereocenters. The molecule has 2 rings (SSSR count). The first-order chi connectivity index (χ1) is 11.1. The van der Waals surface area contributed by atoms with E-state index in [1.54, 1.807) is 0 Å².